The Morgan fingerprint density at radius 2 is 2.00 bits per heavy atom. The Labute approximate surface area is 172 Å². The molecule has 0 bridgehead atoms. The number of carbonyl (C=O) groups is 2. The highest BCUT2D eigenvalue weighted by atomic mass is 35.5. The number of halogens is 1. The minimum absolute atomic E-state index is 0.0594. The highest BCUT2D eigenvalue weighted by Crippen LogP contribution is 2.37. The number of nitrogens with two attached hydrogens (primary N) is 1. The molecule has 2 amide bonds. The first kappa shape index (κ1) is 22.0. The molecule has 0 fully saturated rings. The number of hydrogen-bond donors (Lipinski definition) is 1. The number of primary amides is 1. The smallest absolute Gasteiger partial charge is 0.269 e. The molecular formula is C19H20ClN3O6. The molecule has 10 heteroatoms. The van der Waals surface area contributed by atoms with Crippen LogP contribution in [0, 0.1) is 10.1 Å². The molecule has 1 atom stereocenters. The monoisotopic (exact) mass is 421 g/mol. The van der Waals surface area contributed by atoms with Crippen LogP contribution in [0.3, 0.4) is 0 Å². The Hall–Kier alpha value is -3.33. The van der Waals surface area contributed by atoms with Crippen molar-refractivity contribution in [2.75, 3.05) is 20.8 Å². The molecule has 0 saturated heterocycles. The van der Waals surface area contributed by atoms with E-state index in [-0.39, 0.29) is 33.7 Å². The van der Waals surface area contributed by atoms with Crippen molar-refractivity contribution in [2.24, 2.45) is 5.73 Å². The van der Waals surface area contributed by atoms with Gasteiger partial charge in [-0.3, -0.25) is 19.7 Å². The maximum atomic E-state index is 12.9. The fourth-order valence-electron chi connectivity index (χ4n) is 2.63. The van der Waals surface area contributed by atoms with Gasteiger partial charge in [-0.15, -0.1) is 0 Å². The average Bonchev–Trinajstić information content (AvgIpc) is 2.70. The lowest BCUT2D eigenvalue weighted by Gasteiger charge is -2.26. The maximum absolute atomic E-state index is 12.9. The van der Waals surface area contributed by atoms with E-state index in [2.05, 4.69) is 0 Å². The number of benzene rings is 2. The Morgan fingerprint density at radius 1 is 1.31 bits per heavy atom. The first-order valence-electron chi connectivity index (χ1n) is 8.45. The number of methoxy groups -OCH3 is 1. The van der Waals surface area contributed by atoms with Crippen LogP contribution in [0.1, 0.15) is 28.9 Å². The lowest BCUT2D eigenvalue weighted by atomic mass is 10.1. The second-order valence-electron chi connectivity index (χ2n) is 6.19. The third-order valence-corrected chi connectivity index (χ3v) is 4.58. The minimum Gasteiger partial charge on any atom is -0.493 e. The highest BCUT2D eigenvalue weighted by Gasteiger charge is 2.23. The van der Waals surface area contributed by atoms with Gasteiger partial charge in [0.25, 0.3) is 17.5 Å². The molecule has 0 aliphatic carbocycles. The van der Waals surface area contributed by atoms with E-state index in [1.54, 1.807) is 26.1 Å². The molecule has 0 aliphatic rings. The Morgan fingerprint density at radius 3 is 2.59 bits per heavy atom. The van der Waals surface area contributed by atoms with Crippen molar-refractivity contribution in [1.82, 2.24) is 4.90 Å². The standard InChI is InChI=1S/C19H20ClN3O6/c1-11(12-5-4-6-14(7-12)23(26)27)22(2)19(25)13-8-15(20)18(16(9-13)28-3)29-10-17(21)24/h4-9,11H,10H2,1-3H3,(H2,21,24). The van der Waals surface area contributed by atoms with Gasteiger partial charge in [0.1, 0.15) is 0 Å². The zero-order valence-corrected chi connectivity index (χ0v) is 16.8. The molecule has 0 aliphatic heterocycles. The van der Waals surface area contributed by atoms with Crippen LogP contribution >= 0.6 is 11.6 Å². The summed E-state index contributed by atoms with van der Waals surface area (Å²) in [5.74, 6) is -0.808. The second kappa shape index (κ2) is 9.24. The van der Waals surface area contributed by atoms with Crippen LogP contribution in [0.15, 0.2) is 36.4 Å². The Kier molecular flexibility index (Phi) is 7.00. The van der Waals surface area contributed by atoms with E-state index in [0.29, 0.717) is 5.56 Å². The van der Waals surface area contributed by atoms with Crippen LogP contribution < -0.4 is 15.2 Å². The zero-order valence-electron chi connectivity index (χ0n) is 16.0. The van der Waals surface area contributed by atoms with Gasteiger partial charge in [-0.1, -0.05) is 23.7 Å². The number of nitro benzene ring substituents is 1. The second-order valence-corrected chi connectivity index (χ2v) is 6.60. The molecule has 0 spiro atoms. The third kappa shape index (κ3) is 5.14. The minimum atomic E-state index is -0.686. The van der Waals surface area contributed by atoms with Gasteiger partial charge in [-0.25, -0.2) is 0 Å². The Balaban J connectivity index is 2.30. The molecule has 29 heavy (non-hydrogen) atoms. The molecule has 154 valence electrons. The summed E-state index contributed by atoms with van der Waals surface area (Å²) < 4.78 is 10.5. The molecule has 0 aromatic heterocycles. The number of hydrogen-bond acceptors (Lipinski definition) is 6. The largest absolute Gasteiger partial charge is 0.493 e. The number of rotatable bonds is 8. The summed E-state index contributed by atoms with van der Waals surface area (Å²) in [6.45, 7) is 1.35. The molecule has 2 N–H and O–H groups in total. The zero-order chi connectivity index (χ0) is 21.7. The van der Waals surface area contributed by atoms with Crippen molar-refractivity contribution >= 4 is 29.1 Å². The normalized spacial score (nSPS) is 11.4. The summed E-state index contributed by atoms with van der Waals surface area (Å²) in [5, 5.41) is 11.1. The van der Waals surface area contributed by atoms with Gasteiger partial charge >= 0.3 is 0 Å². The lowest BCUT2D eigenvalue weighted by Crippen LogP contribution is -2.29. The lowest BCUT2D eigenvalue weighted by molar-refractivity contribution is -0.384. The van der Waals surface area contributed by atoms with E-state index >= 15 is 0 Å². The summed E-state index contributed by atoms with van der Waals surface area (Å²) in [5.41, 5.74) is 5.83. The van der Waals surface area contributed by atoms with Crippen LogP contribution in [0.2, 0.25) is 5.02 Å². The van der Waals surface area contributed by atoms with Crippen molar-refractivity contribution in [3.8, 4) is 11.5 Å². The van der Waals surface area contributed by atoms with Crippen LogP contribution in [0.5, 0.6) is 11.5 Å². The molecular weight excluding hydrogens is 402 g/mol. The van der Waals surface area contributed by atoms with Crippen molar-refractivity contribution in [3.63, 3.8) is 0 Å². The van der Waals surface area contributed by atoms with Gasteiger partial charge in [-0.05, 0) is 24.6 Å². The molecule has 0 radical (unpaired) electrons. The van der Waals surface area contributed by atoms with Crippen LogP contribution in [-0.2, 0) is 4.79 Å². The quantitative estimate of drug-likeness (QED) is 0.516. The van der Waals surface area contributed by atoms with E-state index < -0.39 is 23.5 Å². The summed E-state index contributed by atoms with van der Waals surface area (Å²) >= 11 is 6.19. The van der Waals surface area contributed by atoms with Gasteiger partial charge in [-0.2, -0.15) is 0 Å². The molecule has 2 rings (SSSR count). The molecule has 0 heterocycles. The van der Waals surface area contributed by atoms with Crippen LogP contribution in [0.4, 0.5) is 5.69 Å². The van der Waals surface area contributed by atoms with E-state index in [1.807, 2.05) is 0 Å². The summed E-state index contributed by atoms with van der Waals surface area (Å²) in [4.78, 5) is 35.8. The molecule has 1 unspecified atom stereocenters. The third-order valence-electron chi connectivity index (χ3n) is 4.30. The fraction of sp³-hybridized carbons (Fsp3) is 0.263. The average molecular weight is 422 g/mol. The number of non-ortho nitro benzene ring substituents is 1. The highest BCUT2D eigenvalue weighted by molar-refractivity contribution is 6.32. The molecule has 0 saturated carbocycles. The van der Waals surface area contributed by atoms with Crippen LogP contribution in [-0.4, -0.2) is 42.4 Å². The topological polar surface area (TPSA) is 125 Å². The number of nitro groups is 1. The van der Waals surface area contributed by atoms with Crippen molar-refractivity contribution in [1.29, 1.82) is 0 Å². The van der Waals surface area contributed by atoms with Gasteiger partial charge in [0.15, 0.2) is 18.1 Å². The van der Waals surface area contributed by atoms with Crippen molar-refractivity contribution in [2.45, 2.75) is 13.0 Å². The Bertz CT molecular complexity index is 950. The predicted molar refractivity (Wildman–Crippen MR) is 106 cm³/mol. The van der Waals surface area contributed by atoms with Crippen molar-refractivity contribution < 1.29 is 24.0 Å². The first-order chi connectivity index (χ1) is 13.6. The number of amides is 2. The van der Waals surface area contributed by atoms with E-state index in [0.717, 1.165) is 0 Å². The summed E-state index contributed by atoms with van der Waals surface area (Å²) in [6, 6.07) is 8.44. The number of carbonyl (C=O) groups excluding carboxylic acids is 2. The molecule has 2 aromatic carbocycles. The van der Waals surface area contributed by atoms with E-state index in [4.69, 9.17) is 26.8 Å². The molecule has 9 nitrogen and oxygen atoms in total. The SMILES string of the molecule is COc1cc(C(=O)N(C)C(C)c2cccc([N+](=O)[O-])c2)cc(Cl)c1OCC(N)=O. The molecule has 2 aromatic rings. The number of nitrogens with zero attached hydrogens (tertiary/aromatic N) is 2. The van der Waals surface area contributed by atoms with Gasteiger partial charge in [0.2, 0.25) is 0 Å². The van der Waals surface area contributed by atoms with E-state index in [9.17, 15) is 19.7 Å². The maximum Gasteiger partial charge on any atom is 0.269 e. The van der Waals surface area contributed by atoms with E-state index in [1.165, 1.54) is 36.3 Å². The van der Waals surface area contributed by atoms with Crippen LogP contribution in [0.25, 0.3) is 0 Å². The van der Waals surface area contributed by atoms with Crippen molar-refractivity contribution in [3.05, 3.63) is 62.7 Å². The first-order valence-corrected chi connectivity index (χ1v) is 8.83. The van der Waals surface area contributed by atoms with Gasteiger partial charge in [0.05, 0.1) is 23.1 Å². The van der Waals surface area contributed by atoms with Gasteiger partial charge in [0, 0.05) is 24.7 Å². The summed E-state index contributed by atoms with van der Waals surface area (Å²) in [7, 11) is 2.94. The number of ether oxygens (including phenoxy) is 2. The van der Waals surface area contributed by atoms with Gasteiger partial charge < -0.3 is 20.1 Å². The summed E-state index contributed by atoms with van der Waals surface area (Å²) in [6.07, 6.45) is 0. The predicted octanol–water partition coefficient (Wildman–Crippen LogP) is 2.95. The fourth-order valence-corrected chi connectivity index (χ4v) is 2.89.